The van der Waals surface area contributed by atoms with Gasteiger partial charge in [-0.3, -0.25) is 9.59 Å². The highest BCUT2D eigenvalue weighted by atomic mass is 32.2. The number of amides is 1. The Morgan fingerprint density at radius 3 is 2.29 bits per heavy atom. The molecule has 0 radical (unpaired) electrons. The second kappa shape index (κ2) is 7.19. The molecule has 116 valence electrons. The van der Waals surface area contributed by atoms with Crippen LogP contribution in [0.25, 0.3) is 0 Å². The normalized spacial score (nSPS) is 11.4. The number of carboxylic acids is 1. The number of hydrogen-bond acceptors (Lipinski definition) is 4. The van der Waals surface area contributed by atoms with Crippen molar-refractivity contribution in [3.8, 4) is 0 Å². The van der Waals surface area contributed by atoms with E-state index in [0.717, 1.165) is 4.31 Å². The molecule has 0 saturated carbocycles. The maximum absolute atomic E-state index is 12.2. The van der Waals surface area contributed by atoms with Crippen molar-refractivity contribution in [2.45, 2.75) is 24.7 Å². The molecule has 8 heteroatoms. The van der Waals surface area contributed by atoms with Crippen molar-refractivity contribution in [3.05, 3.63) is 24.3 Å². The van der Waals surface area contributed by atoms with E-state index in [0.29, 0.717) is 5.69 Å². The molecular weight excluding hydrogens is 296 g/mol. The number of aliphatic carboxylic acids is 1. The highest BCUT2D eigenvalue weighted by Crippen LogP contribution is 2.17. The van der Waals surface area contributed by atoms with Crippen LogP contribution in [-0.4, -0.2) is 43.3 Å². The fourth-order valence-electron chi connectivity index (χ4n) is 1.67. The summed E-state index contributed by atoms with van der Waals surface area (Å²) < 4.78 is 25.6. The highest BCUT2D eigenvalue weighted by Gasteiger charge is 2.20. The number of rotatable bonds is 7. The molecule has 1 rings (SSSR count). The van der Waals surface area contributed by atoms with Gasteiger partial charge in [-0.15, -0.1) is 0 Å². The van der Waals surface area contributed by atoms with Crippen molar-refractivity contribution in [3.63, 3.8) is 0 Å². The number of anilines is 1. The number of benzene rings is 1. The van der Waals surface area contributed by atoms with Gasteiger partial charge >= 0.3 is 5.97 Å². The van der Waals surface area contributed by atoms with Gasteiger partial charge in [0.2, 0.25) is 15.9 Å². The Labute approximate surface area is 123 Å². The van der Waals surface area contributed by atoms with Gasteiger partial charge in [-0.2, -0.15) is 0 Å². The predicted octanol–water partition coefficient (Wildman–Crippen LogP) is 1.13. The van der Waals surface area contributed by atoms with Crippen molar-refractivity contribution in [1.82, 2.24) is 4.31 Å². The zero-order chi connectivity index (χ0) is 16.0. The van der Waals surface area contributed by atoms with Gasteiger partial charge in [0.15, 0.2) is 0 Å². The molecule has 0 heterocycles. The van der Waals surface area contributed by atoms with E-state index in [1.165, 1.54) is 38.2 Å². The molecule has 1 aromatic carbocycles. The Kier molecular flexibility index (Phi) is 5.86. The van der Waals surface area contributed by atoms with Gasteiger partial charge in [-0.25, -0.2) is 12.7 Å². The van der Waals surface area contributed by atoms with Crippen LogP contribution in [0.5, 0.6) is 0 Å². The first-order valence-corrected chi connectivity index (χ1v) is 7.73. The second-order valence-corrected chi connectivity index (χ2v) is 6.57. The summed E-state index contributed by atoms with van der Waals surface area (Å²) in [5.41, 5.74) is 0.509. The number of nitrogens with zero attached hydrogens (tertiary/aromatic N) is 1. The van der Waals surface area contributed by atoms with Crippen LogP contribution in [0.2, 0.25) is 0 Å². The monoisotopic (exact) mass is 314 g/mol. The minimum Gasteiger partial charge on any atom is -0.481 e. The summed E-state index contributed by atoms with van der Waals surface area (Å²) in [5.74, 6) is -1.20. The topological polar surface area (TPSA) is 104 Å². The first-order valence-electron chi connectivity index (χ1n) is 6.29. The molecular formula is C13H18N2O5S. The Morgan fingerprint density at radius 1 is 1.24 bits per heavy atom. The smallest absolute Gasteiger partial charge is 0.303 e. The third-order valence-corrected chi connectivity index (χ3v) is 4.62. The van der Waals surface area contributed by atoms with Gasteiger partial charge < -0.3 is 10.4 Å². The summed E-state index contributed by atoms with van der Waals surface area (Å²) in [7, 11) is -2.25. The van der Waals surface area contributed by atoms with Crippen LogP contribution >= 0.6 is 0 Å². The van der Waals surface area contributed by atoms with Crippen molar-refractivity contribution >= 4 is 27.6 Å². The molecule has 0 aliphatic carbocycles. The van der Waals surface area contributed by atoms with Crippen molar-refractivity contribution < 1.29 is 23.1 Å². The molecule has 0 unspecified atom stereocenters. The molecule has 21 heavy (non-hydrogen) atoms. The molecule has 0 fully saturated rings. The minimum atomic E-state index is -3.65. The lowest BCUT2D eigenvalue weighted by Crippen LogP contribution is -2.28. The maximum atomic E-state index is 12.2. The molecule has 0 saturated heterocycles. The van der Waals surface area contributed by atoms with E-state index in [1.54, 1.807) is 0 Å². The molecule has 0 spiro atoms. The quantitative estimate of drug-likeness (QED) is 0.785. The first kappa shape index (κ1) is 17.1. The second-order valence-electron chi connectivity index (χ2n) is 4.53. The third-order valence-electron chi connectivity index (χ3n) is 2.75. The third kappa shape index (κ3) is 5.16. The number of nitrogens with one attached hydrogen (secondary N) is 1. The van der Waals surface area contributed by atoms with Crippen LogP contribution < -0.4 is 5.32 Å². The molecule has 1 aromatic rings. The standard InChI is InChI=1S/C13H18N2O5S/c1-10(16)14-11-5-7-12(8-6-11)21(19,20)15(2)9-3-4-13(17)18/h5-8H,3-4,9H2,1-2H3,(H,14,16)(H,17,18). The molecule has 0 bridgehead atoms. The molecule has 2 N–H and O–H groups in total. The summed E-state index contributed by atoms with van der Waals surface area (Å²) in [4.78, 5) is 21.4. The van der Waals surface area contributed by atoms with E-state index in [9.17, 15) is 18.0 Å². The van der Waals surface area contributed by atoms with Gasteiger partial charge in [-0.1, -0.05) is 0 Å². The van der Waals surface area contributed by atoms with Crippen LogP contribution in [0.1, 0.15) is 19.8 Å². The number of carbonyl (C=O) groups excluding carboxylic acids is 1. The van der Waals surface area contributed by atoms with E-state index < -0.39 is 16.0 Å². The zero-order valence-corrected chi connectivity index (χ0v) is 12.7. The molecule has 0 aliphatic rings. The van der Waals surface area contributed by atoms with Gasteiger partial charge in [0.05, 0.1) is 4.90 Å². The van der Waals surface area contributed by atoms with Crippen LogP contribution in [0.15, 0.2) is 29.2 Å². The van der Waals surface area contributed by atoms with E-state index in [2.05, 4.69) is 5.32 Å². The maximum Gasteiger partial charge on any atom is 0.303 e. The fourth-order valence-corrected chi connectivity index (χ4v) is 2.88. The van der Waals surface area contributed by atoms with E-state index in [4.69, 9.17) is 5.11 Å². The van der Waals surface area contributed by atoms with Crippen molar-refractivity contribution in [2.75, 3.05) is 18.9 Å². The zero-order valence-electron chi connectivity index (χ0n) is 11.9. The number of carboxylic acid groups (broad SMARTS) is 1. The molecule has 7 nitrogen and oxygen atoms in total. The minimum absolute atomic E-state index is 0.0820. The van der Waals surface area contributed by atoms with Crippen LogP contribution in [0.4, 0.5) is 5.69 Å². The lowest BCUT2D eigenvalue weighted by atomic mass is 10.3. The molecule has 1 amide bonds. The largest absolute Gasteiger partial charge is 0.481 e. The summed E-state index contributed by atoms with van der Waals surface area (Å²) in [5, 5.41) is 11.1. The summed E-state index contributed by atoms with van der Waals surface area (Å²) in [6.07, 6.45) is 0.163. The lowest BCUT2D eigenvalue weighted by molar-refractivity contribution is -0.137. The van der Waals surface area contributed by atoms with E-state index in [1.807, 2.05) is 0 Å². The fraction of sp³-hybridized carbons (Fsp3) is 0.385. The number of carbonyl (C=O) groups is 2. The Balaban J connectivity index is 2.77. The van der Waals surface area contributed by atoms with Gasteiger partial charge in [0, 0.05) is 32.6 Å². The average Bonchev–Trinajstić information content (AvgIpc) is 2.38. The van der Waals surface area contributed by atoms with Gasteiger partial charge in [-0.05, 0) is 30.7 Å². The predicted molar refractivity (Wildman–Crippen MR) is 77.4 cm³/mol. The van der Waals surface area contributed by atoms with Gasteiger partial charge in [0.1, 0.15) is 0 Å². The Bertz CT molecular complexity index is 610. The Hall–Kier alpha value is -1.93. The highest BCUT2D eigenvalue weighted by molar-refractivity contribution is 7.89. The lowest BCUT2D eigenvalue weighted by Gasteiger charge is -2.17. The van der Waals surface area contributed by atoms with Crippen molar-refractivity contribution in [2.24, 2.45) is 0 Å². The van der Waals surface area contributed by atoms with Crippen LogP contribution in [-0.2, 0) is 19.6 Å². The van der Waals surface area contributed by atoms with E-state index in [-0.39, 0.29) is 30.2 Å². The SMILES string of the molecule is CC(=O)Nc1ccc(S(=O)(=O)N(C)CCCC(=O)O)cc1. The molecule has 0 aromatic heterocycles. The molecule has 0 aliphatic heterocycles. The van der Waals surface area contributed by atoms with Crippen LogP contribution in [0, 0.1) is 0 Å². The summed E-state index contributed by atoms with van der Waals surface area (Å²) >= 11 is 0. The summed E-state index contributed by atoms with van der Waals surface area (Å²) in [6, 6.07) is 5.79. The average molecular weight is 314 g/mol. The number of sulfonamides is 1. The van der Waals surface area contributed by atoms with Gasteiger partial charge in [0.25, 0.3) is 0 Å². The van der Waals surface area contributed by atoms with Crippen molar-refractivity contribution in [1.29, 1.82) is 0 Å². The first-order chi connectivity index (χ1) is 9.73. The van der Waals surface area contributed by atoms with Crippen LogP contribution in [0.3, 0.4) is 0 Å². The van der Waals surface area contributed by atoms with E-state index >= 15 is 0 Å². The molecule has 0 atom stereocenters. The number of hydrogen-bond donors (Lipinski definition) is 2. The Morgan fingerprint density at radius 2 is 1.81 bits per heavy atom. The summed E-state index contributed by atoms with van der Waals surface area (Å²) in [6.45, 7) is 1.49.